The molecule has 3 aromatic rings. The van der Waals surface area contributed by atoms with Gasteiger partial charge in [0.1, 0.15) is 11.9 Å². The maximum Gasteiger partial charge on any atom is 0.254 e. The van der Waals surface area contributed by atoms with Crippen LogP contribution in [0.3, 0.4) is 0 Å². The van der Waals surface area contributed by atoms with Gasteiger partial charge in [-0.1, -0.05) is 24.3 Å². The van der Waals surface area contributed by atoms with Crippen LogP contribution in [0.25, 0.3) is 10.9 Å². The van der Waals surface area contributed by atoms with Gasteiger partial charge in [-0.2, -0.15) is 0 Å². The first-order chi connectivity index (χ1) is 10.6. The molecule has 0 aliphatic heterocycles. The number of rotatable bonds is 3. The van der Waals surface area contributed by atoms with E-state index in [1.165, 1.54) is 0 Å². The molecule has 4 nitrogen and oxygen atoms in total. The predicted octanol–water partition coefficient (Wildman–Crippen LogP) is 3.28. The summed E-state index contributed by atoms with van der Waals surface area (Å²) < 4.78 is 5.53. The van der Waals surface area contributed by atoms with Crippen LogP contribution in [-0.4, -0.2) is 17.2 Å². The predicted molar refractivity (Wildman–Crippen MR) is 86.3 cm³/mol. The summed E-state index contributed by atoms with van der Waals surface area (Å²) in [4.78, 5) is 15.3. The fourth-order valence-electron chi connectivity index (χ4n) is 2.68. The van der Waals surface area contributed by atoms with Gasteiger partial charge >= 0.3 is 0 Å². The number of nitrogens with one attached hydrogen (secondary N) is 1. The Kier molecular flexibility index (Phi) is 3.69. The molecule has 2 aromatic carbocycles. The summed E-state index contributed by atoms with van der Waals surface area (Å²) in [6, 6.07) is 14.4. The van der Waals surface area contributed by atoms with Crippen molar-refractivity contribution in [3.05, 3.63) is 75.6 Å². The highest BCUT2D eigenvalue weighted by molar-refractivity contribution is 5.82. The lowest BCUT2D eigenvalue weighted by Gasteiger charge is -2.16. The van der Waals surface area contributed by atoms with Crippen molar-refractivity contribution >= 4 is 10.9 Å². The quantitative estimate of drug-likeness (QED) is 0.779. The van der Waals surface area contributed by atoms with E-state index in [9.17, 15) is 9.90 Å². The molecule has 4 heteroatoms. The third-order valence-electron chi connectivity index (χ3n) is 3.85. The number of fused-ring (bicyclic) bond motifs is 1. The molecule has 1 unspecified atom stereocenters. The number of H-pyrrole nitrogens is 1. The minimum absolute atomic E-state index is 0.168. The third kappa shape index (κ3) is 2.49. The Morgan fingerprint density at radius 1 is 1.14 bits per heavy atom. The molecule has 112 valence electrons. The van der Waals surface area contributed by atoms with Crippen LogP contribution in [0, 0.1) is 6.92 Å². The van der Waals surface area contributed by atoms with Crippen LogP contribution in [0.5, 0.6) is 5.75 Å². The number of hydrogen-bond acceptors (Lipinski definition) is 3. The number of phenols is 1. The average Bonchev–Trinajstić information content (AvgIpc) is 2.51. The minimum Gasteiger partial charge on any atom is -0.508 e. The Labute approximate surface area is 128 Å². The normalized spacial score (nSPS) is 12.5. The molecule has 0 saturated carbocycles. The summed E-state index contributed by atoms with van der Waals surface area (Å²) in [5.74, 6) is 0.182. The van der Waals surface area contributed by atoms with Crippen molar-refractivity contribution < 1.29 is 9.84 Å². The van der Waals surface area contributed by atoms with Crippen molar-refractivity contribution in [2.45, 2.75) is 13.0 Å². The van der Waals surface area contributed by atoms with Gasteiger partial charge in [-0.15, -0.1) is 0 Å². The van der Waals surface area contributed by atoms with Crippen LogP contribution >= 0.6 is 0 Å². The molecule has 0 fully saturated rings. The van der Waals surface area contributed by atoms with E-state index >= 15 is 0 Å². The Bertz CT molecular complexity index is 866. The van der Waals surface area contributed by atoms with Gasteiger partial charge in [0.15, 0.2) is 0 Å². The number of aromatic amines is 1. The molecule has 0 saturated heterocycles. The Morgan fingerprint density at radius 3 is 2.55 bits per heavy atom. The number of aryl methyl sites for hydroxylation is 1. The topological polar surface area (TPSA) is 62.3 Å². The van der Waals surface area contributed by atoms with E-state index in [0.29, 0.717) is 5.56 Å². The largest absolute Gasteiger partial charge is 0.508 e. The van der Waals surface area contributed by atoms with Crippen LogP contribution in [0.4, 0.5) is 0 Å². The van der Waals surface area contributed by atoms with Gasteiger partial charge in [0.25, 0.3) is 5.56 Å². The van der Waals surface area contributed by atoms with Crippen LogP contribution in [-0.2, 0) is 4.74 Å². The maximum atomic E-state index is 12.4. The number of hydrogen-bond donors (Lipinski definition) is 2. The molecule has 0 radical (unpaired) electrons. The summed E-state index contributed by atoms with van der Waals surface area (Å²) in [6.45, 7) is 2.01. The summed E-state index contributed by atoms with van der Waals surface area (Å²) in [5.41, 5.74) is 3.11. The van der Waals surface area contributed by atoms with Crippen molar-refractivity contribution in [3.8, 4) is 5.75 Å². The number of benzene rings is 2. The van der Waals surface area contributed by atoms with Crippen molar-refractivity contribution in [2.24, 2.45) is 0 Å². The van der Waals surface area contributed by atoms with Gasteiger partial charge < -0.3 is 14.8 Å². The molecular formula is C18H17NO3. The van der Waals surface area contributed by atoms with Crippen LogP contribution in [0.2, 0.25) is 0 Å². The van der Waals surface area contributed by atoms with Crippen LogP contribution < -0.4 is 5.56 Å². The zero-order chi connectivity index (χ0) is 15.7. The SMILES string of the molecule is COC(c1ccc(O)cc1)c1cc2c(C)cccc2[nH]c1=O. The van der Waals surface area contributed by atoms with E-state index in [1.54, 1.807) is 31.4 Å². The fourth-order valence-corrected chi connectivity index (χ4v) is 2.68. The lowest BCUT2D eigenvalue weighted by molar-refractivity contribution is 0.135. The first kappa shape index (κ1) is 14.4. The first-order valence-corrected chi connectivity index (χ1v) is 7.04. The van der Waals surface area contributed by atoms with Gasteiger partial charge in [-0.05, 0) is 42.3 Å². The molecule has 22 heavy (non-hydrogen) atoms. The van der Waals surface area contributed by atoms with Gasteiger partial charge in [-0.3, -0.25) is 4.79 Å². The van der Waals surface area contributed by atoms with E-state index in [1.807, 2.05) is 31.2 Å². The van der Waals surface area contributed by atoms with E-state index < -0.39 is 6.10 Å². The van der Waals surface area contributed by atoms with Crippen molar-refractivity contribution in [2.75, 3.05) is 7.11 Å². The zero-order valence-corrected chi connectivity index (χ0v) is 12.5. The summed E-state index contributed by atoms with van der Waals surface area (Å²) in [5, 5.41) is 10.4. The molecule has 0 amide bonds. The number of aromatic nitrogens is 1. The first-order valence-electron chi connectivity index (χ1n) is 7.04. The van der Waals surface area contributed by atoms with Gasteiger partial charge in [0.05, 0.1) is 5.56 Å². The fraction of sp³-hybridized carbons (Fsp3) is 0.167. The van der Waals surface area contributed by atoms with Gasteiger partial charge in [0, 0.05) is 18.0 Å². The molecule has 3 rings (SSSR count). The maximum absolute atomic E-state index is 12.4. The number of phenolic OH excluding ortho intramolecular Hbond substituents is 1. The number of ether oxygens (including phenoxy) is 1. The van der Waals surface area contributed by atoms with E-state index in [-0.39, 0.29) is 11.3 Å². The van der Waals surface area contributed by atoms with Crippen LogP contribution in [0.1, 0.15) is 22.8 Å². The van der Waals surface area contributed by atoms with Crippen LogP contribution in [0.15, 0.2) is 53.3 Å². The second-order valence-corrected chi connectivity index (χ2v) is 5.30. The summed E-state index contributed by atoms with van der Waals surface area (Å²) >= 11 is 0. The standard InChI is InChI=1S/C18H17NO3/c1-11-4-3-5-16-14(11)10-15(18(21)19-16)17(22-2)12-6-8-13(20)9-7-12/h3-10,17,20H,1-2H3,(H,19,21). The molecule has 0 bridgehead atoms. The van der Waals surface area contributed by atoms with Crippen molar-refractivity contribution in [1.82, 2.24) is 4.98 Å². The highest BCUT2D eigenvalue weighted by Crippen LogP contribution is 2.27. The number of aromatic hydroxyl groups is 1. The third-order valence-corrected chi connectivity index (χ3v) is 3.85. The molecule has 1 aromatic heterocycles. The molecule has 1 atom stereocenters. The molecular weight excluding hydrogens is 278 g/mol. The molecule has 0 spiro atoms. The lowest BCUT2D eigenvalue weighted by atomic mass is 9.99. The minimum atomic E-state index is -0.478. The monoisotopic (exact) mass is 295 g/mol. The number of pyridine rings is 1. The second-order valence-electron chi connectivity index (χ2n) is 5.30. The Balaban J connectivity index is 2.18. The molecule has 1 heterocycles. The summed E-state index contributed by atoms with van der Waals surface area (Å²) in [6.07, 6.45) is -0.478. The lowest BCUT2D eigenvalue weighted by Crippen LogP contribution is -2.18. The molecule has 2 N–H and O–H groups in total. The molecule has 0 aliphatic carbocycles. The smallest absolute Gasteiger partial charge is 0.254 e. The zero-order valence-electron chi connectivity index (χ0n) is 12.5. The second kappa shape index (κ2) is 5.66. The molecule has 0 aliphatic rings. The average molecular weight is 295 g/mol. The Morgan fingerprint density at radius 2 is 1.86 bits per heavy atom. The number of methoxy groups -OCH3 is 1. The highest BCUT2D eigenvalue weighted by atomic mass is 16.5. The summed E-state index contributed by atoms with van der Waals surface area (Å²) in [7, 11) is 1.57. The van der Waals surface area contributed by atoms with E-state index in [2.05, 4.69) is 4.98 Å². The van der Waals surface area contributed by atoms with Crippen molar-refractivity contribution in [1.29, 1.82) is 0 Å². The Hall–Kier alpha value is -2.59. The van der Waals surface area contributed by atoms with Gasteiger partial charge in [0.2, 0.25) is 0 Å². The van der Waals surface area contributed by atoms with Crippen molar-refractivity contribution in [3.63, 3.8) is 0 Å². The van der Waals surface area contributed by atoms with Gasteiger partial charge in [-0.25, -0.2) is 0 Å². The van der Waals surface area contributed by atoms with E-state index in [4.69, 9.17) is 4.74 Å². The highest BCUT2D eigenvalue weighted by Gasteiger charge is 2.18. The van der Waals surface area contributed by atoms with E-state index in [0.717, 1.165) is 22.0 Å².